The van der Waals surface area contributed by atoms with E-state index in [1.54, 1.807) is 36.4 Å². The van der Waals surface area contributed by atoms with Gasteiger partial charge < -0.3 is 15.4 Å². The first-order chi connectivity index (χ1) is 16.4. The summed E-state index contributed by atoms with van der Waals surface area (Å²) >= 11 is 1.31. The molecule has 0 amide bonds. The number of ketones is 1. The van der Waals surface area contributed by atoms with Crippen molar-refractivity contribution in [1.82, 2.24) is 9.97 Å². The van der Waals surface area contributed by atoms with Gasteiger partial charge in [0.05, 0.1) is 10.5 Å². The zero-order valence-electron chi connectivity index (χ0n) is 17.9. The number of H-pyrrole nitrogens is 1. The van der Waals surface area contributed by atoms with Crippen LogP contribution in [0.15, 0.2) is 69.8 Å². The lowest BCUT2D eigenvalue weighted by Gasteiger charge is -2.32. The highest BCUT2D eigenvalue weighted by Crippen LogP contribution is 2.43. The lowest BCUT2D eigenvalue weighted by molar-refractivity contribution is -0.384. The number of phenols is 1. The number of aromatic hydroxyl groups is 1. The van der Waals surface area contributed by atoms with Crippen LogP contribution in [0, 0.1) is 10.1 Å². The number of allylic oxidation sites excluding steroid dienone is 2. The number of phenolic OH excluding ortho intramolecular Hbond substituents is 1. The van der Waals surface area contributed by atoms with Gasteiger partial charge in [-0.3, -0.25) is 19.7 Å². The van der Waals surface area contributed by atoms with Crippen molar-refractivity contribution in [2.24, 2.45) is 0 Å². The first-order valence-electron chi connectivity index (χ1n) is 10.7. The third-order valence-corrected chi connectivity index (χ3v) is 6.93. The molecule has 2 aliphatic rings. The normalized spacial score (nSPS) is 17.1. The molecule has 1 aliphatic carbocycles. The Morgan fingerprint density at radius 2 is 1.82 bits per heavy atom. The largest absolute Gasteiger partial charge is 0.508 e. The van der Waals surface area contributed by atoms with Crippen LogP contribution in [0.3, 0.4) is 0 Å². The van der Waals surface area contributed by atoms with Gasteiger partial charge in [0, 0.05) is 41.5 Å². The average molecular weight is 477 g/mol. The molecule has 0 saturated carbocycles. The van der Waals surface area contributed by atoms with Gasteiger partial charge in [-0.05, 0) is 36.1 Å². The van der Waals surface area contributed by atoms with Gasteiger partial charge in [-0.2, -0.15) is 0 Å². The van der Waals surface area contributed by atoms with Crippen molar-refractivity contribution in [2.75, 3.05) is 5.32 Å². The SMILES string of the molecule is O=C1CCCC2=C1[C@@H](c1ccc(O)cc1)c1c(nc(SCc3ccc([N+](=O)[O-])cc3)[nH]c1=O)N2. The molecular formula is C24H20N4O5S. The Kier molecular flexibility index (Phi) is 5.66. The highest BCUT2D eigenvalue weighted by atomic mass is 32.2. The van der Waals surface area contributed by atoms with Crippen molar-refractivity contribution in [3.05, 3.63) is 97.0 Å². The van der Waals surface area contributed by atoms with E-state index in [4.69, 9.17) is 0 Å². The molecule has 0 radical (unpaired) electrons. The highest BCUT2D eigenvalue weighted by molar-refractivity contribution is 7.98. The zero-order valence-corrected chi connectivity index (χ0v) is 18.7. The fourth-order valence-corrected chi connectivity index (χ4v) is 5.19. The predicted molar refractivity (Wildman–Crippen MR) is 127 cm³/mol. The molecule has 9 nitrogen and oxygen atoms in total. The summed E-state index contributed by atoms with van der Waals surface area (Å²) in [4.78, 5) is 44.0. The zero-order chi connectivity index (χ0) is 23.8. The van der Waals surface area contributed by atoms with Crippen LogP contribution in [0.2, 0.25) is 0 Å². The first-order valence-corrected chi connectivity index (χ1v) is 11.7. The van der Waals surface area contributed by atoms with Gasteiger partial charge >= 0.3 is 0 Å². The molecule has 10 heteroatoms. The molecular weight excluding hydrogens is 456 g/mol. The number of non-ortho nitro benzene ring substituents is 1. The fourth-order valence-electron chi connectivity index (χ4n) is 4.37. The number of hydrogen-bond acceptors (Lipinski definition) is 8. The van der Waals surface area contributed by atoms with E-state index >= 15 is 0 Å². The third kappa shape index (κ3) is 4.08. The number of carbonyl (C=O) groups is 1. The number of anilines is 1. The van der Waals surface area contributed by atoms with Crippen LogP contribution in [-0.2, 0) is 10.5 Å². The predicted octanol–water partition coefficient (Wildman–Crippen LogP) is 4.24. The number of carbonyl (C=O) groups excluding carboxylic acids is 1. The summed E-state index contributed by atoms with van der Waals surface area (Å²) in [6.45, 7) is 0. The van der Waals surface area contributed by atoms with Crippen molar-refractivity contribution in [1.29, 1.82) is 0 Å². The number of fused-ring (bicyclic) bond motifs is 1. The van der Waals surface area contributed by atoms with Crippen molar-refractivity contribution in [3.63, 3.8) is 0 Å². The van der Waals surface area contributed by atoms with Crippen molar-refractivity contribution in [3.8, 4) is 5.75 Å². The van der Waals surface area contributed by atoms with Crippen LogP contribution in [0.5, 0.6) is 5.75 Å². The van der Waals surface area contributed by atoms with Crippen molar-refractivity contribution < 1.29 is 14.8 Å². The van der Waals surface area contributed by atoms with Crippen molar-refractivity contribution in [2.45, 2.75) is 36.1 Å². The van der Waals surface area contributed by atoms with Gasteiger partial charge in [-0.25, -0.2) is 4.98 Å². The maximum Gasteiger partial charge on any atom is 0.269 e. The van der Waals surface area contributed by atoms with E-state index in [0.717, 1.165) is 23.2 Å². The van der Waals surface area contributed by atoms with Crippen molar-refractivity contribution >= 4 is 29.1 Å². The van der Waals surface area contributed by atoms with E-state index in [-0.39, 0.29) is 22.8 Å². The molecule has 0 unspecified atom stereocenters. The minimum absolute atomic E-state index is 0.00787. The second-order valence-electron chi connectivity index (χ2n) is 8.16. The molecule has 5 rings (SSSR count). The number of hydrogen-bond donors (Lipinski definition) is 3. The number of nitro benzene ring substituents is 1. The molecule has 0 bridgehead atoms. The van der Waals surface area contributed by atoms with Gasteiger partial charge in [0.2, 0.25) is 0 Å². The first kappa shape index (κ1) is 21.9. The summed E-state index contributed by atoms with van der Waals surface area (Å²) in [5, 5.41) is 24.2. The summed E-state index contributed by atoms with van der Waals surface area (Å²) < 4.78 is 0. The molecule has 0 fully saturated rings. The summed E-state index contributed by atoms with van der Waals surface area (Å²) in [7, 11) is 0. The lowest BCUT2D eigenvalue weighted by atomic mass is 9.76. The van der Waals surface area contributed by atoms with E-state index in [2.05, 4.69) is 15.3 Å². The number of thioether (sulfide) groups is 1. The topological polar surface area (TPSA) is 138 Å². The molecule has 0 spiro atoms. The Balaban J connectivity index is 1.50. The van der Waals surface area contributed by atoms with Crippen LogP contribution < -0.4 is 10.9 Å². The maximum atomic E-state index is 13.2. The maximum absolute atomic E-state index is 13.2. The number of nitrogens with one attached hydrogen (secondary N) is 2. The number of aromatic amines is 1. The fraction of sp³-hybridized carbons (Fsp3) is 0.208. The van der Waals surface area contributed by atoms with E-state index in [1.807, 2.05) is 0 Å². The van der Waals surface area contributed by atoms with Gasteiger partial charge in [-0.1, -0.05) is 36.0 Å². The molecule has 172 valence electrons. The Labute approximate surface area is 198 Å². The number of rotatable bonds is 5. The lowest BCUT2D eigenvalue weighted by Crippen LogP contribution is -2.32. The smallest absolute Gasteiger partial charge is 0.269 e. The molecule has 3 aromatic rings. The third-order valence-electron chi connectivity index (χ3n) is 5.99. The van der Waals surface area contributed by atoms with Gasteiger partial charge in [0.25, 0.3) is 11.2 Å². The monoisotopic (exact) mass is 476 g/mol. The average Bonchev–Trinajstić information content (AvgIpc) is 2.82. The van der Waals surface area contributed by atoms with E-state index in [0.29, 0.717) is 40.7 Å². The van der Waals surface area contributed by atoms with Gasteiger partial charge in [0.1, 0.15) is 11.6 Å². The van der Waals surface area contributed by atoms with Crippen LogP contribution in [-0.4, -0.2) is 25.8 Å². The number of aromatic nitrogens is 2. The molecule has 34 heavy (non-hydrogen) atoms. The van der Waals surface area contributed by atoms with Crippen LogP contribution in [0.4, 0.5) is 11.5 Å². The van der Waals surface area contributed by atoms with E-state index in [1.165, 1.54) is 23.9 Å². The Morgan fingerprint density at radius 3 is 2.53 bits per heavy atom. The van der Waals surface area contributed by atoms with E-state index < -0.39 is 10.8 Å². The highest BCUT2D eigenvalue weighted by Gasteiger charge is 2.37. The molecule has 0 saturated heterocycles. The minimum Gasteiger partial charge on any atom is -0.508 e. The molecule has 2 heterocycles. The minimum atomic E-state index is -0.565. The molecule has 1 aromatic heterocycles. The summed E-state index contributed by atoms with van der Waals surface area (Å²) in [6.07, 6.45) is 1.85. The Bertz CT molecular complexity index is 1380. The van der Waals surface area contributed by atoms with Gasteiger partial charge in [0.15, 0.2) is 10.9 Å². The second kappa shape index (κ2) is 8.79. The van der Waals surface area contributed by atoms with Crippen LogP contribution in [0.1, 0.15) is 41.9 Å². The van der Waals surface area contributed by atoms with Gasteiger partial charge in [-0.15, -0.1) is 0 Å². The van der Waals surface area contributed by atoms with Crippen LogP contribution in [0.25, 0.3) is 0 Å². The summed E-state index contributed by atoms with van der Waals surface area (Å²) in [5.41, 5.74) is 3.01. The standard InChI is InChI=1S/C24H20N4O5S/c29-16-10-6-14(7-11-16)19-20-17(2-1-3-18(20)30)25-22-21(19)23(31)27-24(26-22)34-12-13-4-8-15(9-5-13)28(32)33/h4-11,19,29H,1-3,12H2,(H2,25,26,27,31)/t19-/m1/s1. The quantitative estimate of drug-likeness (QED) is 0.215. The summed E-state index contributed by atoms with van der Waals surface area (Å²) in [5.74, 6) is 0.430. The van der Waals surface area contributed by atoms with E-state index in [9.17, 15) is 24.8 Å². The van der Waals surface area contributed by atoms with Crippen LogP contribution >= 0.6 is 11.8 Å². The molecule has 3 N–H and O–H groups in total. The molecule has 1 aliphatic heterocycles. The molecule has 1 atom stereocenters. The number of benzene rings is 2. The molecule has 2 aromatic carbocycles. The number of Topliss-reactive ketones (excluding diaryl/α,β-unsaturated/α-hetero) is 1. The number of nitrogens with zero attached hydrogens (tertiary/aromatic N) is 2. The second-order valence-corrected chi connectivity index (χ2v) is 9.13. The summed E-state index contributed by atoms with van der Waals surface area (Å²) in [6, 6.07) is 12.8. The Hall–Kier alpha value is -3.92. The Morgan fingerprint density at radius 1 is 1.09 bits per heavy atom. The number of nitro groups is 1.